The molecule has 2 N–H and O–H groups in total. The zero-order valence-electron chi connectivity index (χ0n) is 11.3. The van der Waals surface area contributed by atoms with Crippen molar-refractivity contribution >= 4 is 17.5 Å². The van der Waals surface area contributed by atoms with Gasteiger partial charge in [0, 0.05) is 17.6 Å². The molecule has 1 saturated heterocycles. The quantitative estimate of drug-likeness (QED) is 0.889. The van der Waals surface area contributed by atoms with Gasteiger partial charge in [-0.1, -0.05) is 23.7 Å². The van der Waals surface area contributed by atoms with E-state index in [9.17, 15) is 4.79 Å². The third-order valence-electron chi connectivity index (χ3n) is 3.51. The molecule has 2 rings (SSSR count). The number of nitrogens with one attached hydrogen (secondary N) is 2. The number of halogens is 1. The van der Waals surface area contributed by atoms with Crippen LogP contribution in [0.3, 0.4) is 0 Å². The molecular weight excluding hydrogens is 260 g/mol. The van der Waals surface area contributed by atoms with Crippen LogP contribution in [-0.4, -0.2) is 25.0 Å². The first-order valence-corrected chi connectivity index (χ1v) is 7.28. The maximum atomic E-state index is 12.1. The van der Waals surface area contributed by atoms with E-state index in [2.05, 4.69) is 10.6 Å². The van der Waals surface area contributed by atoms with Gasteiger partial charge in [0.1, 0.15) is 0 Å². The Hall–Kier alpha value is -1.06. The summed E-state index contributed by atoms with van der Waals surface area (Å²) in [5.74, 6) is 0.301. The molecule has 1 heterocycles. The molecule has 0 radical (unpaired) electrons. The highest BCUT2D eigenvalue weighted by molar-refractivity contribution is 6.30. The lowest BCUT2D eigenvalue weighted by atomic mass is 9.98. The van der Waals surface area contributed by atoms with E-state index in [0.717, 1.165) is 37.4 Å². The van der Waals surface area contributed by atoms with Gasteiger partial charge in [0.15, 0.2) is 0 Å². The fraction of sp³-hybridized carbons (Fsp3) is 0.533. The Morgan fingerprint density at radius 1 is 1.47 bits per heavy atom. The molecule has 0 bridgehead atoms. The number of hydrogen-bond acceptors (Lipinski definition) is 2. The molecule has 0 spiro atoms. The highest BCUT2D eigenvalue weighted by Crippen LogP contribution is 2.13. The van der Waals surface area contributed by atoms with Crippen molar-refractivity contribution in [3.63, 3.8) is 0 Å². The Kier molecular flexibility index (Phi) is 5.23. The van der Waals surface area contributed by atoms with E-state index in [1.165, 1.54) is 5.56 Å². The zero-order chi connectivity index (χ0) is 13.7. The number of piperidine rings is 1. The summed E-state index contributed by atoms with van der Waals surface area (Å²) in [6.07, 6.45) is 2.92. The molecule has 104 valence electrons. The van der Waals surface area contributed by atoms with Crippen LogP contribution >= 0.6 is 11.6 Å². The Morgan fingerprint density at radius 3 is 2.84 bits per heavy atom. The summed E-state index contributed by atoms with van der Waals surface area (Å²) in [6.45, 7) is 3.88. The van der Waals surface area contributed by atoms with Gasteiger partial charge in [-0.15, -0.1) is 0 Å². The van der Waals surface area contributed by atoms with Gasteiger partial charge < -0.3 is 10.6 Å². The second-order valence-electron chi connectivity index (χ2n) is 5.28. The smallest absolute Gasteiger partial charge is 0.224 e. The van der Waals surface area contributed by atoms with Crippen LogP contribution in [0.1, 0.15) is 25.3 Å². The van der Waals surface area contributed by atoms with Crippen LogP contribution in [0.4, 0.5) is 0 Å². The zero-order valence-corrected chi connectivity index (χ0v) is 12.0. The van der Waals surface area contributed by atoms with E-state index in [-0.39, 0.29) is 17.9 Å². The summed E-state index contributed by atoms with van der Waals surface area (Å²) in [6, 6.07) is 7.93. The number of carbonyl (C=O) groups is 1. The van der Waals surface area contributed by atoms with Crippen molar-refractivity contribution in [3.05, 3.63) is 34.9 Å². The van der Waals surface area contributed by atoms with E-state index < -0.39 is 0 Å². The highest BCUT2D eigenvalue weighted by Gasteiger charge is 2.21. The lowest BCUT2D eigenvalue weighted by Crippen LogP contribution is -2.44. The molecule has 0 aromatic heterocycles. The molecule has 2 atom stereocenters. The first-order chi connectivity index (χ1) is 9.15. The molecule has 1 aromatic rings. The van der Waals surface area contributed by atoms with Crippen molar-refractivity contribution in [1.82, 2.24) is 10.6 Å². The lowest BCUT2D eigenvalue weighted by Gasteiger charge is -2.24. The van der Waals surface area contributed by atoms with Crippen molar-refractivity contribution < 1.29 is 4.79 Å². The first-order valence-electron chi connectivity index (χ1n) is 6.90. The average molecular weight is 281 g/mol. The molecule has 3 nitrogen and oxygen atoms in total. The van der Waals surface area contributed by atoms with Crippen LogP contribution in [0.2, 0.25) is 5.02 Å². The molecule has 1 aliphatic heterocycles. The second kappa shape index (κ2) is 6.92. The number of carbonyl (C=O) groups excluding carboxylic acids is 1. The third-order valence-corrected chi connectivity index (χ3v) is 3.76. The van der Waals surface area contributed by atoms with E-state index >= 15 is 0 Å². The number of benzene rings is 1. The van der Waals surface area contributed by atoms with E-state index in [4.69, 9.17) is 11.6 Å². The summed E-state index contributed by atoms with van der Waals surface area (Å²) >= 11 is 5.86. The summed E-state index contributed by atoms with van der Waals surface area (Å²) in [5, 5.41) is 7.11. The van der Waals surface area contributed by atoms with Crippen LogP contribution in [-0.2, 0) is 11.2 Å². The molecule has 1 fully saturated rings. The van der Waals surface area contributed by atoms with Crippen LogP contribution in [0.15, 0.2) is 24.3 Å². The maximum Gasteiger partial charge on any atom is 0.224 e. The predicted octanol–water partition coefficient (Wildman–Crippen LogP) is 2.39. The van der Waals surface area contributed by atoms with Crippen molar-refractivity contribution in [2.75, 3.05) is 13.1 Å². The minimum atomic E-state index is 0.126. The van der Waals surface area contributed by atoms with Gasteiger partial charge >= 0.3 is 0 Å². The molecule has 1 amide bonds. The summed E-state index contributed by atoms with van der Waals surface area (Å²) in [4.78, 5) is 12.1. The SMILES string of the molecule is CC(Cc1ccc(Cl)cc1)NC(=O)[C@@H]1CCCNC1. The van der Waals surface area contributed by atoms with Gasteiger partial charge in [-0.05, 0) is 50.4 Å². The normalized spacial score (nSPS) is 20.8. The highest BCUT2D eigenvalue weighted by atomic mass is 35.5. The van der Waals surface area contributed by atoms with Crippen molar-refractivity contribution in [2.24, 2.45) is 5.92 Å². The summed E-state index contributed by atoms with van der Waals surface area (Å²) in [7, 11) is 0. The summed E-state index contributed by atoms with van der Waals surface area (Å²) < 4.78 is 0. The van der Waals surface area contributed by atoms with Crippen molar-refractivity contribution in [2.45, 2.75) is 32.2 Å². The fourth-order valence-electron chi connectivity index (χ4n) is 2.46. The Morgan fingerprint density at radius 2 is 2.21 bits per heavy atom. The van der Waals surface area contributed by atoms with Gasteiger partial charge in [0.25, 0.3) is 0 Å². The maximum absolute atomic E-state index is 12.1. The van der Waals surface area contributed by atoms with Gasteiger partial charge in [-0.25, -0.2) is 0 Å². The fourth-order valence-corrected chi connectivity index (χ4v) is 2.59. The molecule has 0 aliphatic carbocycles. The average Bonchev–Trinajstić information content (AvgIpc) is 2.42. The van der Waals surface area contributed by atoms with Crippen LogP contribution in [0, 0.1) is 5.92 Å². The van der Waals surface area contributed by atoms with Crippen LogP contribution in [0.25, 0.3) is 0 Å². The van der Waals surface area contributed by atoms with Gasteiger partial charge in [0.05, 0.1) is 5.92 Å². The molecule has 4 heteroatoms. The molecule has 19 heavy (non-hydrogen) atoms. The van der Waals surface area contributed by atoms with E-state index in [1.54, 1.807) is 0 Å². The number of hydrogen-bond donors (Lipinski definition) is 2. The monoisotopic (exact) mass is 280 g/mol. The minimum absolute atomic E-state index is 0.126. The van der Waals surface area contributed by atoms with Crippen LogP contribution in [0.5, 0.6) is 0 Å². The first kappa shape index (κ1) is 14.4. The second-order valence-corrected chi connectivity index (χ2v) is 5.72. The van der Waals surface area contributed by atoms with Crippen LogP contribution < -0.4 is 10.6 Å². The van der Waals surface area contributed by atoms with Gasteiger partial charge in [-0.3, -0.25) is 4.79 Å². The van der Waals surface area contributed by atoms with E-state index in [1.807, 2.05) is 31.2 Å². The van der Waals surface area contributed by atoms with E-state index in [0.29, 0.717) is 0 Å². The Bertz CT molecular complexity index is 413. The molecule has 1 aliphatic rings. The van der Waals surface area contributed by atoms with Gasteiger partial charge in [-0.2, -0.15) is 0 Å². The Balaban J connectivity index is 1.81. The van der Waals surface area contributed by atoms with Crippen molar-refractivity contribution in [3.8, 4) is 0 Å². The number of amides is 1. The largest absolute Gasteiger partial charge is 0.353 e. The predicted molar refractivity (Wildman–Crippen MR) is 78.4 cm³/mol. The minimum Gasteiger partial charge on any atom is -0.353 e. The molecular formula is C15H21ClN2O. The van der Waals surface area contributed by atoms with Gasteiger partial charge in [0.2, 0.25) is 5.91 Å². The molecule has 1 aromatic carbocycles. The number of rotatable bonds is 4. The third kappa shape index (κ3) is 4.51. The molecule has 1 unspecified atom stereocenters. The molecule has 0 saturated carbocycles. The lowest BCUT2D eigenvalue weighted by molar-refractivity contribution is -0.126. The standard InChI is InChI=1S/C15H21ClN2O/c1-11(9-12-4-6-14(16)7-5-12)18-15(19)13-3-2-8-17-10-13/h4-7,11,13,17H,2-3,8-10H2,1H3,(H,18,19)/t11?,13-/m1/s1. The van der Waals surface area contributed by atoms with Crippen molar-refractivity contribution in [1.29, 1.82) is 0 Å². The topological polar surface area (TPSA) is 41.1 Å². The summed E-state index contributed by atoms with van der Waals surface area (Å²) in [5.41, 5.74) is 1.19. The Labute approximate surface area is 119 Å².